The van der Waals surface area contributed by atoms with E-state index in [9.17, 15) is 5.11 Å². The molecular formula is C33H56N2O. The summed E-state index contributed by atoms with van der Waals surface area (Å²) in [7, 11) is 2.28. The smallest absolute Gasteiger partial charge is 0.0512 e. The van der Waals surface area contributed by atoms with Gasteiger partial charge in [-0.3, -0.25) is 0 Å². The van der Waals surface area contributed by atoms with E-state index in [2.05, 4.69) is 50.6 Å². The third kappa shape index (κ3) is 3.68. The van der Waals surface area contributed by atoms with Gasteiger partial charge in [0, 0.05) is 26.2 Å². The largest absolute Gasteiger partial charge is 0.393 e. The molecule has 204 valence electrons. The maximum absolute atomic E-state index is 10.1. The van der Waals surface area contributed by atoms with Crippen LogP contribution in [-0.4, -0.2) is 60.8 Å². The number of aliphatic hydroxyl groups is 1. The molecule has 6 rings (SSSR count). The Bertz CT molecular complexity index is 886. The molecule has 0 aromatic rings. The first-order valence-corrected chi connectivity index (χ1v) is 15.8. The summed E-state index contributed by atoms with van der Waals surface area (Å²) < 4.78 is 0. The Morgan fingerprint density at radius 3 is 2.44 bits per heavy atom. The van der Waals surface area contributed by atoms with Crippen LogP contribution in [0.15, 0.2) is 11.6 Å². The summed E-state index contributed by atoms with van der Waals surface area (Å²) >= 11 is 0. The Balaban J connectivity index is 1.27. The Labute approximate surface area is 222 Å². The van der Waals surface area contributed by atoms with Crippen LogP contribution in [-0.2, 0) is 0 Å². The number of likely N-dealkylation sites (N-methyl/N-ethyl adjacent to an activating group) is 1. The summed E-state index contributed by atoms with van der Waals surface area (Å²) in [6, 6.07) is 0. The summed E-state index contributed by atoms with van der Waals surface area (Å²) in [5, 5.41) is 10.1. The number of aliphatic hydroxyl groups excluding tert-OH is 1. The van der Waals surface area contributed by atoms with Gasteiger partial charge in [0.2, 0.25) is 0 Å². The van der Waals surface area contributed by atoms with E-state index < -0.39 is 0 Å². The number of allylic oxidation sites excluding steroid dienone is 2. The van der Waals surface area contributed by atoms with Crippen LogP contribution < -0.4 is 0 Å². The van der Waals surface area contributed by atoms with Crippen LogP contribution in [0, 0.1) is 44.8 Å². The molecule has 1 N–H and O–H groups in total. The zero-order valence-corrected chi connectivity index (χ0v) is 24.5. The van der Waals surface area contributed by atoms with Crippen LogP contribution in [0.2, 0.25) is 0 Å². The molecule has 3 heteroatoms. The summed E-state index contributed by atoms with van der Waals surface area (Å²) in [5.41, 5.74) is 4.47. The van der Waals surface area contributed by atoms with Crippen molar-refractivity contribution in [2.75, 3.05) is 39.8 Å². The van der Waals surface area contributed by atoms with Crippen molar-refractivity contribution in [3.8, 4) is 0 Å². The molecule has 4 saturated carbocycles. The molecule has 0 bridgehead atoms. The molecule has 0 radical (unpaired) electrons. The highest BCUT2D eigenvalue weighted by Gasteiger charge is 2.81. The van der Waals surface area contributed by atoms with Crippen molar-refractivity contribution < 1.29 is 5.11 Å². The van der Waals surface area contributed by atoms with Gasteiger partial charge >= 0.3 is 0 Å². The number of hydrogen-bond donors (Lipinski definition) is 1. The highest BCUT2D eigenvalue weighted by Crippen LogP contribution is 2.87. The van der Waals surface area contributed by atoms with E-state index in [-0.39, 0.29) is 6.10 Å². The Morgan fingerprint density at radius 2 is 1.72 bits per heavy atom. The molecule has 0 aromatic heterocycles. The lowest BCUT2D eigenvalue weighted by atomic mass is 9.43. The molecule has 1 aliphatic heterocycles. The van der Waals surface area contributed by atoms with Crippen LogP contribution in [0.3, 0.4) is 0 Å². The minimum Gasteiger partial charge on any atom is -0.393 e. The number of fused-ring (bicyclic) bond motifs is 4. The molecule has 1 heterocycles. The monoisotopic (exact) mass is 496 g/mol. The summed E-state index contributed by atoms with van der Waals surface area (Å²) in [4.78, 5) is 5.28. The Hall–Kier alpha value is -0.380. The fourth-order valence-corrected chi connectivity index (χ4v) is 11.4. The molecule has 5 aliphatic carbocycles. The maximum atomic E-state index is 10.1. The SMILES string of the molecule is CC(O)CCC1C2(C)CCC3C12CC=C1C2CC(C)(C)CCC2(CCN2CCN(C)CC2)CC[C@]13C. The number of piperazine rings is 1. The van der Waals surface area contributed by atoms with Gasteiger partial charge in [-0.05, 0) is 136 Å². The van der Waals surface area contributed by atoms with Crippen LogP contribution >= 0.6 is 0 Å². The van der Waals surface area contributed by atoms with E-state index in [1.807, 2.05) is 12.5 Å². The van der Waals surface area contributed by atoms with Crippen LogP contribution in [0.5, 0.6) is 0 Å². The van der Waals surface area contributed by atoms with E-state index >= 15 is 0 Å². The van der Waals surface area contributed by atoms with Gasteiger partial charge in [-0.15, -0.1) is 0 Å². The van der Waals surface area contributed by atoms with E-state index in [0.717, 1.165) is 24.2 Å². The predicted octanol–water partition coefficient (Wildman–Crippen LogP) is 6.76. The number of hydrogen-bond acceptors (Lipinski definition) is 3. The molecular weight excluding hydrogens is 440 g/mol. The second kappa shape index (κ2) is 8.56. The van der Waals surface area contributed by atoms with Crippen LogP contribution in [0.25, 0.3) is 0 Å². The van der Waals surface area contributed by atoms with Crippen molar-refractivity contribution in [2.24, 2.45) is 44.8 Å². The number of nitrogens with zero attached hydrogens (tertiary/aromatic N) is 2. The molecule has 0 aromatic carbocycles. The van der Waals surface area contributed by atoms with E-state index in [0.29, 0.717) is 27.1 Å². The lowest BCUT2D eigenvalue weighted by Gasteiger charge is -2.62. The Kier molecular flexibility index (Phi) is 6.15. The molecule has 1 saturated heterocycles. The molecule has 3 nitrogen and oxygen atoms in total. The van der Waals surface area contributed by atoms with Crippen molar-refractivity contribution in [1.29, 1.82) is 0 Å². The normalized spacial score (nSPS) is 48.9. The summed E-state index contributed by atoms with van der Waals surface area (Å²) in [6.07, 6.45) is 17.8. The second-order valence-electron chi connectivity index (χ2n) is 16.0. The maximum Gasteiger partial charge on any atom is 0.0512 e. The third-order valence-corrected chi connectivity index (χ3v) is 13.7. The molecule has 36 heavy (non-hydrogen) atoms. The number of rotatable bonds is 6. The molecule has 8 atom stereocenters. The fraction of sp³-hybridized carbons (Fsp3) is 0.939. The molecule has 6 aliphatic rings. The van der Waals surface area contributed by atoms with Gasteiger partial charge in [-0.25, -0.2) is 0 Å². The highest BCUT2D eigenvalue weighted by atomic mass is 16.3. The minimum atomic E-state index is -0.143. The van der Waals surface area contributed by atoms with Gasteiger partial charge in [-0.1, -0.05) is 39.3 Å². The van der Waals surface area contributed by atoms with E-state index in [1.54, 1.807) is 0 Å². The van der Waals surface area contributed by atoms with E-state index in [4.69, 9.17) is 0 Å². The first-order chi connectivity index (χ1) is 17.0. The second-order valence-corrected chi connectivity index (χ2v) is 16.0. The van der Waals surface area contributed by atoms with E-state index in [1.165, 1.54) is 96.9 Å². The molecule has 7 unspecified atom stereocenters. The molecule has 1 spiro atoms. The van der Waals surface area contributed by atoms with Crippen molar-refractivity contribution in [2.45, 2.75) is 111 Å². The molecule has 5 fully saturated rings. The van der Waals surface area contributed by atoms with Gasteiger partial charge in [0.25, 0.3) is 0 Å². The topological polar surface area (TPSA) is 26.7 Å². The van der Waals surface area contributed by atoms with Crippen molar-refractivity contribution >= 4 is 0 Å². The molecule has 0 amide bonds. The third-order valence-electron chi connectivity index (χ3n) is 13.7. The van der Waals surface area contributed by atoms with Gasteiger partial charge < -0.3 is 14.9 Å². The minimum absolute atomic E-state index is 0.143. The summed E-state index contributed by atoms with van der Waals surface area (Å²) in [5.74, 6) is 2.54. The zero-order valence-electron chi connectivity index (χ0n) is 24.5. The van der Waals surface area contributed by atoms with Crippen LogP contribution in [0.1, 0.15) is 105 Å². The average molecular weight is 497 g/mol. The summed E-state index contributed by atoms with van der Waals surface area (Å²) in [6.45, 7) is 18.8. The lowest BCUT2D eigenvalue weighted by Crippen LogP contribution is -2.53. The first kappa shape index (κ1) is 25.9. The highest BCUT2D eigenvalue weighted by molar-refractivity contribution is 5.39. The van der Waals surface area contributed by atoms with Crippen molar-refractivity contribution in [3.63, 3.8) is 0 Å². The average Bonchev–Trinajstić information content (AvgIpc) is 3.14. The van der Waals surface area contributed by atoms with Gasteiger partial charge in [0.15, 0.2) is 0 Å². The van der Waals surface area contributed by atoms with Crippen molar-refractivity contribution in [1.82, 2.24) is 9.80 Å². The fourth-order valence-electron chi connectivity index (χ4n) is 11.4. The van der Waals surface area contributed by atoms with Gasteiger partial charge in [0.05, 0.1) is 6.10 Å². The lowest BCUT2D eigenvalue weighted by molar-refractivity contribution is -0.0500. The predicted molar refractivity (Wildman–Crippen MR) is 150 cm³/mol. The standard InChI is InChI=1S/C33H56N2O/c1-24(36)7-8-28-31(5)11-10-27-30(4)14-16-32(17-18-35-21-19-34(6)20-22-35)15-13-29(2,3)23-26(32)25(30)9-12-33(27,28)31/h9,24,26-28,36H,7-8,10-23H2,1-6H3/t24?,26?,27?,28?,30-,31?,32?,33?/m1/s1. The Morgan fingerprint density at radius 1 is 1.00 bits per heavy atom. The van der Waals surface area contributed by atoms with Gasteiger partial charge in [-0.2, -0.15) is 0 Å². The first-order valence-electron chi connectivity index (χ1n) is 15.8. The van der Waals surface area contributed by atoms with Crippen LogP contribution in [0.4, 0.5) is 0 Å². The quantitative estimate of drug-likeness (QED) is 0.412. The van der Waals surface area contributed by atoms with Crippen molar-refractivity contribution in [3.05, 3.63) is 11.6 Å². The van der Waals surface area contributed by atoms with Gasteiger partial charge in [0.1, 0.15) is 0 Å². The zero-order chi connectivity index (χ0) is 25.6.